The Bertz CT molecular complexity index is 605. The number of sulfonamides is 1. The van der Waals surface area contributed by atoms with Gasteiger partial charge in [0, 0.05) is 17.6 Å². The van der Waals surface area contributed by atoms with E-state index >= 15 is 0 Å². The molecule has 6 heteroatoms. The van der Waals surface area contributed by atoms with Crippen LogP contribution in [0.15, 0.2) is 21.5 Å². The van der Waals surface area contributed by atoms with Gasteiger partial charge in [0.1, 0.15) is 0 Å². The summed E-state index contributed by atoms with van der Waals surface area (Å²) >= 11 is 3.37. The van der Waals surface area contributed by atoms with Gasteiger partial charge in [0.15, 0.2) is 0 Å². The highest BCUT2D eigenvalue weighted by atomic mass is 79.9. The molecule has 0 bridgehead atoms. The van der Waals surface area contributed by atoms with Crippen molar-refractivity contribution < 1.29 is 13.5 Å². The zero-order valence-electron chi connectivity index (χ0n) is 11.9. The van der Waals surface area contributed by atoms with Crippen LogP contribution in [0.5, 0.6) is 0 Å². The summed E-state index contributed by atoms with van der Waals surface area (Å²) in [7, 11) is -3.51. The van der Waals surface area contributed by atoms with Gasteiger partial charge >= 0.3 is 0 Å². The monoisotopic (exact) mass is 361 g/mol. The van der Waals surface area contributed by atoms with E-state index in [-0.39, 0.29) is 11.5 Å². The third-order valence-corrected chi connectivity index (χ3v) is 7.21. The average molecular weight is 362 g/mol. The van der Waals surface area contributed by atoms with E-state index in [4.69, 9.17) is 0 Å². The van der Waals surface area contributed by atoms with Gasteiger partial charge in [-0.1, -0.05) is 19.9 Å². The molecule has 0 saturated carbocycles. The van der Waals surface area contributed by atoms with Crippen LogP contribution in [-0.4, -0.2) is 30.9 Å². The highest BCUT2D eigenvalue weighted by molar-refractivity contribution is 9.10. The molecule has 1 N–H and O–H groups in total. The Morgan fingerprint density at radius 3 is 2.35 bits per heavy atom. The van der Waals surface area contributed by atoms with Crippen LogP contribution in [-0.2, 0) is 16.6 Å². The lowest BCUT2D eigenvalue weighted by atomic mass is 10.0. The Labute approximate surface area is 129 Å². The zero-order valence-corrected chi connectivity index (χ0v) is 14.3. The van der Waals surface area contributed by atoms with Crippen LogP contribution in [0.4, 0.5) is 0 Å². The van der Waals surface area contributed by atoms with Crippen LogP contribution in [0.2, 0.25) is 0 Å². The molecule has 1 fully saturated rings. The van der Waals surface area contributed by atoms with Crippen LogP contribution in [0.25, 0.3) is 0 Å². The summed E-state index contributed by atoms with van der Waals surface area (Å²) in [6.45, 7) is 6.92. The van der Waals surface area contributed by atoms with Gasteiger partial charge in [-0.3, -0.25) is 0 Å². The van der Waals surface area contributed by atoms with Crippen molar-refractivity contribution in [1.29, 1.82) is 0 Å². The molecule has 0 spiro atoms. The maximum Gasteiger partial charge on any atom is 0.244 e. The Hall–Kier alpha value is -0.430. The van der Waals surface area contributed by atoms with E-state index in [1.54, 1.807) is 16.4 Å². The number of aliphatic hydroxyl groups is 1. The number of aryl methyl sites for hydroxylation is 1. The van der Waals surface area contributed by atoms with Crippen molar-refractivity contribution in [2.45, 2.75) is 32.3 Å². The van der Waals surface area contributed by atoms with E-state index in [0.717, 1.165) is 5.56 Å². The van der Waals surface area contributed by atoms with Crippen LogP contribution in [0.3, 0.4) is 0 Å². The van der Waals surface area contributed by atoms with E-state index in [1.807, 2.05) is 6.92 Å². The molecule has 0 aromatic heterocycles. The standard InChI is InChI=1S/C14H20BrNO3S/c1-9-4-12(8-17)5-13(14(9)15)20(18,19)16-6-10(2)11(3)7-16/h4-5,10-11,17H,6-8H2,1-3H3. The summed E-state index contributed by atoms with van der Waals surface area (Å²) in [5.74, 6) is 0.733. The van der Waals surface area contributed by atoms with Gasteiger partial charge in [0.05, 0.1) is 11.5 Å². The van der Waals surface area contributed by atoms with Crippen molar-refractivity contribution in [1.82, 2.24) is 4.31 Å². The number of nitrogens with zero attached hydrogens (tertiary/aromatic N) is 1. The minimum Gasteiger partial charge on any atom is -0.392 e. The average Bonchev–Trinajstić information content (AvgIpc) is 2.73. The largest absolute Gasteiger partial charge is 0.392 e. The Balaban J connectivity index is 2.47. The third kappa shape index (κ3) is 2.79. The van der Waals surface area contributed by atoms with Crippen molar-refractivity contribution in [3.63, 3.8) is 0 Å². The first-order valence-corrected chi connectivity index (χ1v) is 8.90. The van der Waals surface area contributed by atoms with Gasteiger partial charge < -0.3 is 5.11 Å². The van der Waals surface area contributed by atoms with Crippen molar-refractivity contribution in [3.8, 4) is 0 Å². The summed E-state index contributed by atoms with van der Waals surface area (Å²) in [6.07, 6.45) is 0. The quantitative estimate of drug-likeness (QED) is 0.899. The molecule has 20 heavy (non-hydrogen) atoms. The molecule has 2 unspecified atom stereocenters. The molecule has 1 aliphatic heterocycles. The lowest BCUT2D eigenvalue weighted by molar-refractivity contribution is 0.281. The van der Waals surface area contributed by atoms with Crippen molar-refractivity contribution in [2.75, 3.05) is 13.1 Å². The molecule has 0 radical (unpaired) electrons. The molecule has 1 aromatic carbocycles. The van der Waals surface area contributed by atoms with Crippen molar-refractivity contribution in [2.24, 2.45) is 11.8 Å². The van der Waals surface area contributed by atoms with E-state index < -0.39 is 10.0 Å². The van der Waals surface area contributed by atoms with E-state index in [9.17, 15) is 13.5 Å². The highest BCUT2D eigenvalue weighted by Crippen LogP contribution is 2.33. The van der Waals surface area contributed by atoms with Crippen LogP contribution in [0.1, 0.15) is 25.0 Å². The fourth-order valence-electron chi connectivity index (χ4n) is 2.50. The first-order valence-electron chi connectivity index (χ1n) is 6.67. The normalized spacial score (nSPS) is 24.2. The molecule has 4 nitrogen and oxygen atoms in total. The summed E-state index contributed by atoms with van der Waals surface area (Å²) in [5, 5.41) is 9.27. The molecule has 1 heterocycles. The number of halogens is 1. The van der Waals surface area contributed by atoms with Crippen molar-refractivity contribution in [3.05, 3.63) is 27.7 Å². The molecule has 2 rings (SSSR count). The maximum atomic E-state index is 12.8. The maximum absolute atomic E-state index is 12.8. The molecule has 112 valence electrons. The Morgan fingerprint density at radius 2 is 1.85 bits per heavy atom. The predicted molar refractivity (Wildman–Crippen MR) is 81.9 cm³/mol. The van der Waals surface area contributed by atoms with Crippen molar-refractivity contribution >= 4 is 26.0 Å². The van der Waals surface area contributed by atoms with Crippen LogP contribution in [0, 0.1) is 18.8 Å². The SMILES string of the molecule is Cc1cc(CO)cc(S(=O)(=O)N2CC(C)C(C)C2)c1Br. The number of aliphatic hydroxyl groups excluding tert-OH is 1. The minimum absolute atomic E-state index is 0.163. The first kappa shape index (κ1) is 15.9. The highest BCUT2D eigenvalue weighted by Gasteiger charge is 2.36. The smallest absolute Gasteiger partial charge is 0.244 e. The molecule has 2 atom stereocenters. The second-order valence-corrected chi connectivity index (χ2v) is 8.36. The Kier molecular flexibility index (Phi) is 4.59. The summed E-state index contributed by atoms with van der Waals surface area (Å²) in [4.78, 5) is 0.253. The second kappa shape index (κ2) is 5.75. The molecule has 1 aromatic rings. The van der Waals surface area contributed by atoms with E-state index in [0.29, 0.717) is 35.0 Å². The topological polar surface area (TPSA) is 57.6 Å². The van der Waals surface area contributed by atoms with Gasteiger partial charge in [-0.15, -0.1) is 0 Å². The lowest BCUT2D eigenvalue weighted by Gasteiger charge is -2.18. The number of rotatable bonds is 3. The summed E-state index contributed by atoms with van der Waals surface area (Å²) in [5.41, 5.74) is 1.43. The lowest BCUT2D eigenvalue weighted by Crippen LogP contribution is -2.29. The summed E-state index contributed by atoms with van der Waals surface area (Å²) < 4.78 is 27.7. The second-order valence-electron chi connectivity index (χ2n) is 5.66. The number of benzene rings is 1. The van der Waals surface area contributed by atoms with Gasteiger partial charge in [-0.25, -0.2) is 8.42 Å². The Morgan fingerprint density at radius 1 is 1.30 bits per heavy atom. The van der Waals surface area contributed by atoms with E-state index in [1.165, 1.54) is 0 Å². The van der Waals surface area contributed by atoms with Crippen LogP contribution < -0.4 is 0 Å². The fraction of sp³-hybridized carbons (Fsp3) is 0.571. The fourth-order valence-corrected chi connectivity index (χ4v) is 5.17. The molecule has 1 saturated heterocycles. The third-order valence-electron chi connectivity index (χ3n) is 4.04. The van der Waals surface area contributed by atoms with Gasteiger partial charge in [-0.05, 0) is 51.9 Å². The number of hydrogen-bond donors (Lipinski definition) is 1. The molecular formula is C14H20BrNO3S. The zero-order chi connectivity index (χ0) is 15.1. The molecular weight excluding hydrogens is 342 g/mol. The molecule has 0 aliphatic carbocycles. The first-order chi connectivity index (χ1) is 9.27. The van der Waals surface area contributed by atoms with Crippen LogP contribution >= 0.6 is 15.9 Å². The summed E-state index contributed by atoms with van der Waals surface area (Å²) in [6, 6.07) is 3.35. The van der Waals surface area contributed by atoms with Gasteiger partial charge in [-0.2, -0.15) is 4.31 Å². The predicted octanol–water partition coefficient (Wildman–Crippen LogP) is 2.53. The van der Waals surface area contributed by atoms with Gasteiger partial charge in [0.2, 0.25) is 10.0 Å². The number of hydrogen-bond acceptors (Lipinski definition) is 3. The molecule has 0 amide bonds. The van der Waals surface area contributed by atoms with Gasteiger partial charge in [0.25, 0.3) is 0 Å². The van der Waals surface area contributed by atoms with E-state index in [2.05, 4.69) is 29.8 Å². The minimum atomic E-state index is -3.51. The molecule has 1 aliphatic rings.